The normalized spacial score (nSPS) is 6.60. The first-order valence-electron chi connectivity index (χ1n) is 2.31. The first-order chi connectivity index (χ1) is 4.41. The second-order valence-electron chi connectivity index (χ2n) is 1.21. The van der Waals surface area contributed by atoms with Gasteiger partial charge in [0.05, 0.1) is 23.7 Å². The van der Waals surface area contributed by atoms with E-state index in [-0.39, 0.29) is 9.90 Å². The monoisotopic (exact) mass is 198 g/mol. The van der Waals surface area contributed by atoms with Gasteiger partial charge < -0.3 is 0 Å². The van der Waals surface area contributed by atoms with Crippen molar-refractivity contribution in [1.29, 1.82) is 0 Å². The third-order valence-electron chi connectivity index (χ3n) is 0.667. The van der Waals surface area contributed by atoms with E-state index >= 15 is 0 Å². The lowest BCUT2D eigenvalue weighted by atomic mass is 10.4. The first kappa shape index (κ1) is 12.8. The Kier molecular flexibility index (Phi) is 15.3. The molecule has 0 N–H and O–H groups in total. The summed E-state index contributed by atoms with van der Waals surface area (Å²) in [6, 6.07) is 12.0. The van der Waals surface area contributed by atoms with E-state index in [1.165, 1.54) is 0 Å². The van der Waals surface area contributed by atoms with E-state index < -0.39 is 0 Å². The summed E-state index contributed by atoms with van der Waals surface area (Å²) in [6.07, 6.45) is 0. The molecule has 58 valence electrons. The third-order valence-corrected chi connectivity index (χ3v) is 0.667. The molecule has 1 unspecified atom stereocenters. The Labute approximate surface area is 74.3 Å². The Balaban J connectivity index is 0. The molecule has 1 aromatic carbocycles. The minimum absolute atomic E-state index is 0. The summed E-state index contributed by atoms with van der Waals surface area (Å²) < 4.78 is 3.19. The number of rotatable bonds is 0. The standard InChI is InChI=1S/C6H6.Cl2O.H3P/c1-2-4-6-5-3-1;1-3-2;/h1-6H;;1H3. The highest BCUT2D eigenvalue weighted by molar-refractivity contribution is 6.92. The molecule has 0 bridgehead atoms. The Bertz CT molecular complexity index is 98.6. The van der Waals surface area contributed by atoms with Crippen LogP contribution in [0, 0.1) is 0 Å². The van der Waals surface area contributed by atoms with Crippen LogP contribution in [0.5, 0.6) is 0 Å². The van der Waals surface area contributed by atoms with Gasteiger partial charge in [-0.3, -0.25) is 0 Å². The molecule has 0 saturated carbocycles. The molecule has 1 rings (SSSR count). The Hall–Kier alpha value is 0.190. The molecule has 0 aromatic heterocycles. The highest BCUT2D eigenvalue weighted by Gasteiger charge is 1.57. The molecule has 0 fully saturated rings. The summed E-state index contributed by atoms with van der Waals surface area (Å²) in [5.41, 5.74) is 0. The van der Waals surface area contributed by atoms with Gasteiger partial charge in [0.25, 0.3) is 0 Å². The zero-order valence-electron chi connectivity index (χ0n) is 5.34. The summed E-state index contributed by atoms with van der Waals surface area (Å²) in [4.78, 5) is 0. The van der Waals surface area contributed by atoms with E-state index in [9.17, 15) is 0 Å². The molecule has 10 heavy (non-hydrogen) atoms. The fourth-order valence-corrected chi connectivity index (χ4v) is 0.385. The number of hydrogen-bond acceptors (Lipinski definition) is 1. The Morgan fingerprint density at radius 1 is 0.700 bits per heavy atom. The second kappa shape index (κ2) is 11.9. The first-order valence-corrected chi connectivity index (χ1v) is 2.93. The van der Waals surface area contributed by atoms with Crippen LogP contribution in [0.3, 0.4) is 0 Å². The fourth-order valence-electron chi connectivity index (χ4n) is 0.385. The Morgan fingerprint density at radius 3 is 0.900 bits per heavy atom. The van der Waals surface area contributed by atoms with Crippen LogP contribution in [-0.4, -0.2) is 0 Å². The minimum Gasteiger partial charge on any atom is -0.166 e. The van der Waals surface area contributed by atoms with E-state index in [2.05, 4.69) is 27.6 Å². The minimum atomic E-state index is 0. The zero-order valence-corrected chi connectivity index (χ0v) is 8.26. The number of halogens is 2. The molecule has 1 atom stereocenters. The van der Waals surface area contributed by atoms with Crippen LogP contribution in [0.25, 0.3) is 0 Å². The van der Waals surface area contributed by atoms with E-state index in [0.29, 0.717) is 0 Å². The molecule has 0 aliphatic carbocycles. The molecule has 0 heterocycles. The molecule has 0 amide bonds. The van der Waals surface area contributed by atoms with Crippen molar-refractivity contribution in [3.05, 3.63) is 36.4 Å². The van der Waals surface area contributed by atoms with Crippen molar-refractivity contribution in [3.8, 4) is 0 Å². The summed E-state index contributed by atoms with van der Waals surface area (Å²) in [5.74, 6) is 0. The molecule has 4 heteroatoms. The van der Waals surface area contributed by atoms with Crippen molar-refractivity contribution in [2.45, 2.75) is 0 Å². The van der Waals surface area contributed by atoms with Gasteiger partial charge in [0.2, 0.25) is 0 Å². The van der Waals surface area contributed by atoms with Crippen molar-refractivity contribution in [2.75, 3.05) is 0 Å². The highest BCUT2D eigenvalue weighted by Crippen LogP contribution is 1.80. The maximum atomic E-state index is 4.26. The van der Waals surface area contributed by atoms with Gasteiger partial charge in [0.15, 0.2) is 0 Å². The predicted octanol–water partition coefficient (Wildman–Crippen LogP) is 3.06. The van der Waals surface area contributed by atoms with Crippen LogP contribution >= 0.6 is 33.6 Å². The molecule has 0 aliphatic heterocycles. The molecule has 1 nitrogen and oxygen atoms in total. The van der Waals surface area contributed by atoms with Gasteiger partial charge in [-0.15, -0.1) is 0 Å². The molecule has 0 saturated heterocycles. The van der Waals surface area contributed by atoms with Gasteiger partial charge in [-0.2, -0.15) is 13.7 Å². The van der Waals surface area contributed by atoms with Crippen LogP contribution in [0.1, 0.15) is 0 Å². The van der Waals surface area contributed by atoms with Crippen LogP contribution in [0.2, 0.25) is 0 Å². The largest absolute Gasteiger partial charge is 0.166 e. The maximum absolute atomic E-state index is 4.26. The van der Waals surface area contributed by atoms with Crippen LogP contribution in [-0.2, 0) is 3.84 Å². The van der Waals surface area contributed by atoms with Crippen molar-refractivity contribution in [2.24, 2.45) is 0 Å². The van der Waals surface area contributed by atoms with Gasteiger partial charge in [-0.05, 0) is 0 Å². The maximum Gasteiger partial charge on any atom is 0.0832 e. The molecule has 0 radical (unpaired) electrons. The van der Waals surface area contributed by atoms with Crippen molar-refractivity contribution < 1.29 is 3.84 Å². The lowest BCUT2D eigenvalue weighted by molar-refractivity contribution is 0.697. The third kappa shape index (κ3) is 11.0. The molecule has 0 aliphatic rings. The average Bonchev–Trinajstić information content (AvgIpc) is 1.93. The van der Waals surface area contributed by atoms with Crippen molar-refractivity contribution in [3.63, 3.8) is 0 Å². The van der Waals surface area contributed by atoms with Gasteiger partial charge in [-0.25, -0.2) is 0 Å². The molecular weight excluding hydrogens is 190 g/mol. The summed E-state index contributed by atoms with van der Waals surface area (Å²) in [5, 5.41) is 0. The molecule has 1 aromatic rings. The summed E-state index contributed by atoms with van der Waals surface area (Å²) in [7, 11) is 0. The summed E-state index contributed by atoms with van der Waals surface area (Å²) in [6.45, 7) is 0. The van der Waals surface area contributed by atoms with Crippen molar-refractivity contribution >= 4 is 33.6 Å². The van der Waals surface area contributed by atoms with Crippen molar-refractivity contribution in [1.82, 2.24) is 0 Å². The van der Waals surface area contributed by atoms with E-state index in [1.54, 1.807) is 0 Å². The lowest BCUT2D eigenvalue weighted by Gasteiger charge is -1.69. The van der Waals surface area contributed by atoms with Gasteiger partial charge in [0, 0.05) is 0 Å². The predicted molar refractivity (Wildman–Crippen MR) is 50.3 cm³/mol. The molecular formula is C6H9Cl2OP. The summed E-state index contributed by atoms with van der Waals surface area (Å²) >= 11 is 8.53. The van der Waals surface area contributed by atoms with Gasteiger partial charge in [-0.1, -0.05) is 36.4 Å². The zero-order chi connectivity index (χ0) is 6.95. The lowest BCUT2D eigenvalue weighted by Crippen LogP contribution is -1.47. The van der Waals surface area contributed by atoms with E-state index in [0.717, 1.165) is 0 Å². The number of hydrogen-bond donors (Lipinski definition) is 0. The van der Waals surface area contributed by atoms with Crippen LogP contribution < -0.4 is 0 Å². The number of benzene rings is 1. The second-order valence-corrected chi connectivity index (χ2v) is 1.68. The van der Waals surface area contributed by atoms with Gasteiger partial charge >= 0.3 is 0 Å². The van der Waals surface area contributed by atoms with E-state index in [1.807, 2.05) is 36.4 Å². The quantitative estimate of drug-likeness (QED) is 0.583. The topological polar surface area (TPSA) is 9.23 Å². The fraction of sp³-hybridized carbons (Fsp3) is 0. The smallest absolute Gasteiger partial charge is 0.0832 e. The highest BCUT2D eigenvalue weighted by atomic mass is 35.6. The van der Waals surface area contributed by atoms with Crippen LogP contribution in [0.15, 0.2) is 36.4 Å². The molecule has 0 spiro atoms. The van der Waals surface area contributed by atoms with Gasteiger partial charge in [0.1, 0.15) is 0 Å². The Morgan fingerprint density at radius 2 is 0.800 bits per heavy atom. The van der Waals surface area contributed by atoms with Crippen LogP contribution in [0.4, 0.5) is 0 Å². The van der Waals surface area contributed by atoms with E-state index in [4.69, 9.17) is 0 Å². The average molecular weight is 199 g/mol. The SMILES string of the molecule is ClOCl.P.c1ccccc1.